The Hall–Kier alpha value is -1.44. The van der Waals surface area contributed by atoms with E-state index >= 15 is 0 Å². The normalized spacial score (nSPS) is 12.7. The number of carbonyl (C=O) groups is 1. The van der Waals surface area contributed by atoms with Crippen LogP contribution in [-0.4, -0.2) is 32.6 Å². The van der Waals surface area contributed by atoms with E-state index in [1.54, 1.807) is 24.3 Å². The molecule has 1 aromatic rings. The van der Waals surface area contributed by atoms with E-state index in [0.29, 0.717) is 25.1 Å². The molecule has 0 bridgehead atoms. The number of aldehydes is 1. The zero-order valence-electron chi connectivity index (χ0n) is 16.6. The van der Waals surface area contributed by atoms with Crippen LogP contribution in [0.25, 0.3) is 0 Å². The van der Waals surface area contributed by atoms with Crippen molar-refractivity contribution in [2.45, 2.75) is 70.8 Å². The second-order valence-electron chi connectivity index (χ2n) is 6.91. The highest BCUT2D eigenvalue weighted by Gasteiger charge is 2.17. The van der Waals surface area contributed by atoms with Crippen molar-refractivity contribution >= 4 is 22.0 Å². The van der Waals surface area contributed by atoms with E-state index in [1.165, 1.54) is 4.41 Å². The van der Waals surface area contributed by atoms with Gasteiger partial charge in [-0.15, -0.1) is 0 Å². The highest BCUT2D eigenvalue weighted by Crippen LogP contribution is 2.23. The zero-order chi connectivity index (χ0) is 20.1. The van der Waals surface area contributed by atoms with Gasteiger partial charge >= 0.3 is 0 Å². The fraction of sp³-hybridized carbons (Fsp3) is 0.650. The number of anilines is 1. The molecule has 0 saturated carbocycles. The molecule has 0 spiro atoms. The molecule has 0 aliphatic rings. The first-order valence-electron chi connectivity index (χ1n) is 9.85. The van der Waals surface area contributed by atoms with Crippen molar-refractivity contribution in [3.63, 3.8) is 0 Å². The third-order valence-corrected chi connectivity index (χ3v) is 5.43. The van der Waals surface area contributed by atoms with Crippen molar-refractivity contribution in [1.82, 2.24) is 5.43 Å². The molecule has 1 aromatic carbocycles. The number of rotatable bonds is 15. The minimum absolute atomic E-state index is 0.517. The molecule has 0 radical (unpaired) electrons. The standard InChI is InChI=1S/C20H34N2O4S/c1-3-4-8-11-20(24)18-12-14-19(15-13-18)22(27(2,25)26)21-16-9-6-5-7-10-17-23/h12-15,17,20-21,24H,3-11,16H2,1-2H3. The van der Waals surface area contributed by atoms with E-state index < -0.39 is 16.1 Å². The van der Waals surface area contributed by atoms with Gasteiger partial charge in [0.1, 0.15) is 6.29 Å². The van der Waals surface area contributed by atoms with Gasteiger partial charge in [-0.1, -0.05) is 51.2 Å². The van der Waals surface area contributed by atoms with Crippen molar-refractivity contribution in [2.24, 2.45) is 0 Å². The van der Waals surface area contributed by atoms with Gasteiger partial charge in [-0.05, 0) is 37.0 Å². The lowest BCUT2D eigenvalue weighted by atomic mass is 10.0. The molecule has 0 aliphatic carbocycles. The van der Waals surface area contributed by atoms with E-state index in [9.17, 15) is 18.3 Å². The van der Waals surface area contributed by atoms with Crippen molar-refractivity contribution in [2.75, 3.05) is 17.2 Å². The summed E-state index contributed by atoms with van der Waals surface area (Å²) < 4.78 is 25.4. The van der Waals surface area contributed by atoms with Crippen LogP contribution in [0.2, 0.25) is 0 Å². The Morgan fingerprint density at radius 3 is 2.33 bits per heavy atom. The Kier molecular flexibility index (Phi) is 11.2. The molecular formula is C20H34N2O4S. The molecule has 1 rings (SSSR count). The number of sulfonamides is 1. The molecule has 27 heavy (non-hydrogen) atoms. The smallest absolute Gasteiger partial charge is 0.245 e. The molecule has 1 unspecified atom stereocenters. The van der Waals surface area contributed by atoms with E-state index in [-0.39, 0.29) is 0 Å². The van der Waals surface area contributed by atoms with Crippen LogP contribution in [0, 0.1) is 0 Å². The molecule has 0 amide bonds. The van der Waals surface area contributed by atoms with Crippen molar-refractivity contribution in [3.05, 3.63) is 29.8 Å². The van der Waals surface area contributed by atoms with Crippen molar-refractivity contribution < 1.29 is 18.3 Å². The third kappa shape index (κ3) is 9.35. The minimum Gasteiger partial charge on any atom is -0.388 e. The molecule has 1 atom stereocenters. The molecule has 7 heteroatoms. The summed E-state index contributed by atoms with van der Waals surface area (Å²) in [6.45, 7) is 2.66. The van der Waals surface area contributed by atoms with Gasteiger partial charge in [0.2, 0.25) is 10.0 Å². The first kappa shape index (κ1) is 23.6. The third-order valence-electron chi connectivity index (χ3n) is 4.43. The first-order valence-corrected chi connectivity index (χ1v) is 11.7. The van der Waals surface area contributed by atoms with Gasteiger partial charge in [-0.25, -0.2) is 18.3 Å². The molecule has 0 aromatic heterocycles. The number of hydrogen-bond donors (Lipinski definition) is 2. The Bertz CT molecular complexity index is 632. The highest BCUT2D eigenvalue weighted by molar-refractivity contribution is 7.92. The van der Waals surface area contributed by atoms with Gasteiger partial charge in [0.25, 0.3) is 0 Å². The Morgan fingerprint density at radius 1 is 1.07 bits per heavy atom. The van der Waals surface area contributed by atoms with Crippen LogP contribution >= 0.6 is 0 Å². The molecule has 0 saturated heterocycles. The van der Waals surface area contributed by atoms with Gasteiger partial charge in [0.05, 0.1) is 18.0 Å². The second-order valence-corrected chi connectivity index (χ2v) is 8.74. The molecule has 0 aliphatic heterocycles. The average molecular weight is 399 g/mol. The van der Waals surface area contributed by atoms with E-state index in [4.69, 9.17) is 0 Å². The fourth-order valence-electron chi connectivity index (χ4n) is 2.87. The predicted molar refractivity (Wildman–Crippen MR) is 110 cm³/mol. The summed E-state index contributed by atoms with van der Waals surface area (Å²) in [4.78, 5) is 10.3. The van der Waals surface area contributed by atoms with Crippen LogP contribution < -0.4 is 9.84 Å². The molecular weight excluding hydrogens is 364 g/mol. The van der Waals surface area contributed by atoms with Gasteiger partial charge in [0, 0.05) is 13.0 Å². The molecule has 2 N–H and O–H groups in total. The number of nitrogens with zero attached hydrogens (tertiary/aromatic N) is 1. The number of benzene rings is 1. The van der Waals surface area contributed by atoms with Crippen molar-refractivity contribution in [1.29, 1.82) is 0 Å². The lowest BCUT2D eigenvalue weighted by Crippen LogP contribution is -2.42. The Morgan fingerprint density at radius 2 is 1.74 bits per heavy atom. The summed E-state index contributed by atoms with van der Waals surface area (Å²) in [6, 6.07) is 7.00. The maximum Gasteiger partial charge on any atom is 0.245 e. The van der Waals surface area contributed by atoms with Gasteiger partial charge in [0.15, 0.2) is 0 Å². The topological polar surface area (TPSA) is 86.7 Å². The molecule has 154 valence electrons. The summed E-state index contributed by atoms with van der Waals surface area (Å²) in [5.74, 6) is 0. The number of hydrazine groups is 1. The molecule has 6 nitrogen and oxygen atoms in total. The van der Waals surface area contributed by atoms with Crippen LogP contribution in [0.15, 0.2) is 24.3 Å². The minimum atomic E-state index is -3.46. The van der Waals surface area contributed by atoms with Crippen LogP contribution in [-0.2, 0) is 14.8 Å². The summed E-state index contributed by atoms with van der Waals surface area (Å²) >= 11 is 0. The number of carbonyl (C=O) groups excluding carboxylic acids is 1. The lowest BCUT2D eigenvalue weighted by molar-refractivity contribution is -0.107. The largest absolute Gasteiger partial charge is 0.388 e. The van der Waals surface area contributed by atoms with Crippen molar-refractivity contribution in [3.8, 4) is 0 Å². The SMILES string of the molecule is CCCCCC(O)c1ccc(N(NCCCCCCC=O)S(C)(=O)=O)cc1. The summed E-state index contributed by atoms with van der Waals surface area (Å²) in [5.41, 5.74) is 4.31. The van der Waals surface area contributed by atoms with Crippen LogP contribution in [0.5, 0.6) is 0 Å². The highest BCUT2D eigenvalue weighted by atomic mass is 32.2. The molecule has 0 heterocycles. The number of unbranched alkanes of at least 4 members (excludes halogenated alkanes) is 6. The molecule has 0 fully saturated rings. The summed E-state index contributed by atoms with van der Waals surface area (Å²) in [7, 11) is -3.46. The van der Waals surface area contributed by atoms with Gasteiger partial charge in [-0.2, -0.15) is 0 Å². The summed E-state index contributed by atoms with van der Waals surface area (Å²) in [6.07, 6.45) is 9.66. The zero-order valence-corrected chi connectivity index (χ0v) is 17.4. The van der Waals surface area contributed by atoms with E-state index in [1.807, 2.05) is 0 Å². The van der Waals surface area contributed by atoms with E-state index in [2.05, 4.69) is 12.3 Å². The van der Waals surface area contributed by atoms with Crippen LogP contribution in [0.3, 0.4) is 0 Å². The average Bonchev–Trinajstić information content (AvgIpc) is 2.63. The maximum atomic E-state index is 12.1. The van der Waals surface area contributed by atoms with Crippen LogP contribution in [0.1, 0.15) is 76.4 Å². The summed E-state index contributed by atoms with van der Waals surface area (Å²) in [5, 5.41) is 10.2. The fourth-order valence-corrected chi connectivity index (χ4v) is 3.70. The number of nitrogens with one attached hydrogen (secondary N) is 1. The Labute approximate surface area is 164 Å². The number of aliphatic hydroxyl groups excluding tert-OH is 1. The second kappa shape index (κ2) is 12.9. The van der Waals surface area contributed by atoms with Gasteiger partial charge in [-0.3, -0.25) is 0 Å². The predicted octanol–water partition coefficient (Wildman–Crippen LogP) is 3.72. The quantitative estimate of drug-likeness (QED) is 0.267. The monoisotopic (exact) mass is 398 g/mol. The van der Waals surface area contributed by atoms with Crippen LogP contribution in [0.4, 0.5) is 5.69 Å². The Balaban J connectivity index is 2.60. The maximum absolute atomic E-state index is 12.1. The number of hydrogen-bond acceptors (Lipinski definition) is 5. The van der Waals surface area contributed by atoms with Gasteiger partial charge < -0.3 is 9.90 Å². The van der Waals surface area contributed by atoms with E-state index in [0.717, 1.165) is 63.1 Å². The lowest BCUT2D eigenvalue weighted by Gasteiger charge is -2.23. The number of aliphatic hydroxyl groups is 1. The first-order chi connectivity index (χ1) is 12.9.